The van der Waals surface area contributed by atoms with Crippen LogP contribution >= 0.6 is 11.3 Å². The summed E-state index contributed by atoms with van der Waals surface area (Å²) in [5.74, 6) is 0.910. The molecule has 0 aromatic carbocycles. The fourth-order valence-corrected chi connectivity index (χ4v) is 2.79. The van der Waals surface area contributed by atoms with Crippen molar-refractivity contribution in [3.63, 3.8) is 0 Å². The van der Waals surface area contributed by atoms with E-state index in [1.807, 2.05) is 30.4 Å². The van der Waals surface area contributed by atoms with Crippen molar-refractivity contribution >= 4 is 33.3 Å². The predicted molar refractivity (Wildman–Crippen MR) is 79.5 cm³/mol. The third kappa shape index (κ3) is 3.52. The Bertz CT molecular complexity index is 566. The quantitative estimate of drug-likeness (QED) is 0.758. The lowest BCUT2D eigenvalue weighted by Crippen LogP contribution is -2.43. The Morgan fingerprint density at radius 1 is 1.47 bits per heavy atom. The van der Waals surface area contributed by atoms with Gasteiger partial charge in [0.1, 0.15) is 10.6 Å². The van der Waals surface area contributed by atoms with Gasteiger partial charge >= 0.3 is 0 Å². The van der Waals surface area contributed by atoms with Crippen LogP contribution in [0.25, 0.3) is 10.2 Å². The molecule has 0 radical (unpaired) electrons. The maximum Gasteiger partial charge on any atom is 0.223 e. The van der Waals surface area contributed by atoms with Gasteiger partial charge in [0.15, 0.2) is 0 Å². The number of rotatable bonds is 5. The molecule has 7 heteroatoms. The summed E-state index contributed by atoms with van der Waals surface area (Å²) in [4.78, 5) is 11.1. The van der Waals surface area contributed by atoms with E-state index in [1.54, 1.807) is 6.92 Å². The minimum Gasteiger partial charge on any atom is -0.387 e. The van der Waals surface area contributed by atoms with Gasteiger partial charge in [0.2, 0.25) is 5.95 Å². The summed E-state index contributed by atoms with van der Waals surface area (Å²) in [6.45, 7) is 2.75. The molecule has 0 saturated heterocycles. The van der Waals surface area contributed by atoms with Gasteiger partial charge in [0, 0.05) is 13.1 Å². The van der Waals surface area contributed by atoms with E-state index >= 15 is 0 Å². The number of fused-ring (bicyclic) bond motifs is 1. The number of nitrogen functional groups attached to an aromatic ring is 1. The van der Waals surface area contributed by atoms with Crippen LogP contribution in [-0.2, 0) is 0 Å². The Hall–Kier alpha value is -1.44. The topological polar surface area (TPSA) is 87.3 Å². The van der Waals surface area contributed by atoms with E-state index < -0.39 is 5.60 Å². The molecule has 0 aliphatic heterocycles. The summed E-state index contributed by atoms with van der Waals surface area (Å²) >= 11 is 1.52. The molecule has 0 saturated carbocycles. The summed E-state index contributed by atoms with van der Waals surface area (Å²) in [5.41, 5.74) is 4.84. The van der Waals surface area contributed by atoms with Crippen molar-refractivity contribution in [2.75, 3.05) is 38.2 Å². The average molecular weight is 281 g/mol. The number of aromatic nitrogens is 2. The zero-order chi connectivity index (χ0) is 14.0. The Morgan fingerprint density at radius 3 is 2.89 bits per heavy atom. The number of nitrogens with two attached hydrogens (primary N) is 1. The third-order valence-electron chi connectivity index (χ3n) is 2.64. The largest absolute Gasteiger partial charge is 0.387 e. The van der Waals surface area contributed by atoms with Crippen molar-refractivity contribution in [3.8, 4) is 0 Å². The van der Waals surface area contributed by atoms with E-state index in [1.165, 1.54) is 11.3 Å². The van der Waals surface area contributed by atoms with Crippen LogP contribution in [0, 0.1) is 0 Å². The van der Waals surface area contributed by atoms with E-state index in [9.17, 15) is 5.11 Å². The molecule has 0 fully saturated rings. The first kappa shape index (κ1) is 14.0. The second-order valence-electron chi connectivity index (χ2n) is 5.16. The Morgan fingerprint density at radius 2 is 2.21 bits per heavy atom. The van der Waals surface area contributed by atoms with E-state index in [2.05, 4.69) is 15.3 Å². The summed E-state index contributed by atoms with van der Waals surface area (Å²) < 4.78 is 0. The Balaban J connectivity index is 2.15. The molecule has 0 aliphatic carbocycles. The van der Waals surface area contributed by atoms with Gasteiger partial charge in [0.05, 0.1) is 11.0 Å². The summed E-state index contributed by atoms with van der Waals surface area (Å²) in [5, 5.41) is 16.3. The second-order valence-corrected chi connectivity index (χ2v) is 6.05. The van der Waals surface area contributed by atoms with Crippen molar-refractivity contribution in [1.82, 2.24) is 14.9 Å². The van der Waals surface area contributed by atoms with E-state index in [0.29, 0.717) is 18.9 Å². The second kappa shape index (κ2) is 5.28. The Kier molecular flexibility index (Phi) is 3.88. The van der Waals surface area contributed by atoms with Gasteiger partial charge in [-0.15, -0.1) is 11.3 Å². The number of likely N-dealkylation sites (N-methyl/N-ethyl adjacent to an activating group) is 1. The summed E-state index contributed by atoms with van der Waals surface area (Å²) in [7, 11) is 3.85. The first-order chi connectivity index (χ1) is 8.87. The highest BCUT2D eigenvalue weighted by atomic mass is 32.1. The van der Waals surface area contributed by atoms with Gasteiger partial charge in [-0.25, -0.2) is 4.98 Å². The highest BCUT2D eigenvalue weighted by Gasteiger charge is 2.21. The summed E-state index contributed by atoms with van der Waals surface area (Å²) in [6, 6.07) is 1.95. The van der Waals surface area contributed by atoms with Crippen LogP contribution in [0.5, 0.6) is 0 Å². The van der Waals surface area contributed by atoms with Crippen molar-refractivity contribution in [2.45, 2.75) is 12.5 Å². The standard InChI is InChI=1S/C12H19N5OS/c1-12(18,7-17(2)3)6-14-9-8-4-5-19-10(8)16-11(13)15-9/h4-5,18H,6-7H2,1-3H3,(H3,13,14,15,16). The maximum absolute atomic E-state index is 10.3. The van der Waals surface area contributed by atoms with E-state index in [4.69, 9.17) is 5.73 Å². The lowest BCUT2D eigenvalue weighted by atomic mass is 10.1. The third-order valence-corrected chi connectivity index (χ3v) is 3.44. The van der Waals surface area contributed by atoms with Crippen LogP contribution in [0.2, 0.25) is 0 Å². The number of hydrogen-bond donors (Lipinski definition) is 3. The van der Waals surface area contributed by atoms with Crippen LogP contribution in [0.3, 0.4) is 0 Å². The van der Waals surface area contributed by atoms with Crippen molar-refractivity contribution in [3.05, 3.63) is 11.4 Å². The molecular formula is C12H19N5OS. The van der Waals surface area contributed by atoms with Gasteiger partial charge in [-0.1, -0.05) is 0 Å². The zero-order valence-electron chi connectivity index (χ0n) is 11.3. The number of anilines is 2. The van der Waals surface area contributed by atoms with Gasteiger partial charge in [0.25, 0.3) is 0 Å². The average Bonchev–Trinajstić information content (AvgIpc) is 2.71. The van der Waals surface area contributed by atoms with Crippen molar-refractivity contribution < 1.29 is 5.11 Å². The molecular weight excluding hydrogens is 262 g/mol. The van der Waals surface area contributed by atoms with Gasteiger partial charge in [-0.3, -0.25) is 0 Å². The first-order valence-corrected chi connectivity index (χ1v) is 6.87. The predicted octanol–water partition coefficient (Wildman–Crippen LogP) is 0.998. The van der Waals surface area contributed by atoms with Gasteiger partial charge < -0.3 is 21.1 Å². The smallest absolute Gasteiger partial charge is 0.223 e. The SMILES string of the molecule is CN(C)CC(C)(O)CNc1nc(N)nc2sccc12. The highest BCUT2D eigenvalue weighted by molar-refractivity contribution is 7.16. The maximum atomic E-state index is 10.3. The molecule has 0 spiro atoms. The molecule has 1 atom stereocenters. The lowest BCUT2D eigenvalue weighted by molar-refractivity contribution is 0.0459. The van der Waals surface area contributed by atoms with Crippen LogP contribution in [0.1, 0.15) is 6.92 Å². The van der Waals surface area contributed by atoms with Crippen molar-refractivity contribution in [2.24, 2.45) is 0 Å². The van der Waals surface area contributed by atoms with E-state index in [-0.39, 0.29) is 5.95 Å². The molecule has 19 heavy (non-hydrogen) atoms. The van der Waals surface area contributed by atoms with Crippen molar-refractivity contribution in [1.29, 1.82) is 0 Å². The number of nitrogens with zero attached hydrogens (tertiary/aromatic N) is 3. The minimum atomic E-state index is -0.842. The molecule has 0 bridgehead atoms. The normalized spacial score (nSPS) is 14.8. The molecule has 1 unspecified atom stereocenters. The molecule has 6 nitrogen and oxygen atoms in total. The van der Waals surface area contributed by atoms with E-state index in [0.717, 1.165) is 10.2 Å². The zero-order valence-corrected chi connectivity index (χ0v) is 12.2. The lowest BCUT2D eigenvalue weighted by Gasteiger charge is -2.27. The molecule has 0 aliphatic rings. The Labute approximate surface area is 116 Å². The molecule has 4 N–H and O–H groups in total. The molecule has 2 aromatic heterocycles. The van der Waals surface area contributed by atoms with Gasteiger partial charge in [-0.2, -0.15) is 4.98 Å². The number of thiophene rings is 1. The highest BCUT2D eigenvalue weighted by Crippen LogP contribution is 2.26. The fraction of sp³-hybridized carbons (Fsp3) is 0.500. The van der Waals surface area contributed by atoms with Crippen LogP contribution in [0.4, 0.5) is 11.8 Å². The minimum absolute atomic E-state index is 0.240. The molecule has 0 amide bonds. The number of hydrogen-bond acceptors (Lipinski definition) is 7. The monoisotopic (exact) mass is 281 g/mol. The number of nitrogens with one attached hydrogen (secondary N) is 1. The number of aliphatic hydroxyl groups is 1. The van der Waals surface area contributed by atoms with Crippen LogP contribution < -0.4 is 11.1 Å². The first-order valence-electron chi connectivity index (χ1n) is 5.99. The molecule has 2 heterocycles. The molecule has 104 valence electrons. The van der Waals surface area contributed by atoms with Gasteiger partial charge in [-0.05, 0) is 32.5 Å². The molecule has 2 rings (SSSR count). The summed E-state index contributed by atoms with van der Waals surface area (Å²) in [6.07, 6.45) is 0. The van der Waals surface area contributed by atoms with Crippen LogP contribution in [0.15, 0.2) is 11.4 Å². The molecule has 2 aromatic rings. The fourth-order valence-electron chi connectivity index (χ4n) is 2.02. The van der Waals surface area contributed by atoms with Crippen LogP contribution in [-0.4, -0.2) is 52.8 Å².